The highest BCUT2D eigenvalue weighted by Gasteiger charge is 2.05. The number of rotatable bonds is 5. The molecular formula is C17H19BrN2O. The summed E-state index contributed by atoms with van der Waals surface area (Å²) in [6.45, 7) is 2.67. The number of hydrogen-bond acceptors (Lipinski definition) is 1. The maximum atomic E-state index is 11.9. The molecule has 0 spiro atoms. The van der Waals surface area contributed by atoms with Gasteiger partial charge < -0.3 is 10.6 Å². The zero-order chi connectivity index (χ0) is 15.1. The summed E-state index contributed by atoms with van der Waals surface area (Å²) in [6, 6.07) is 15.7. The molecule has 3 nitrogen and oxygen atoms in total. The third-order valence-electron chi connectivity index (χ3n) is 3.28. The van der Waals surface area contributed by atoms with Gasteiger partial charge in [-0.1, -0.05) is 59.3 Å². The molecule has 110 valence electrons. The first-order valence-corrected chi connectivity index (χ1v) is 7.86. The van der Waals surface area contributed by atoms with E-state index in [1.54, 1.807) is 0 Å². The largest absolute Gasteiger partial charge is 0.338 e. The Hall–Kier alpha value is -1.81. The van der Waals surface area contributed by atoms with Gasteiger partial charge >= 0.3 is 6.03 Å². The number of carbonyl (C=O) groups excluding carboxylic acids is 1. The first-order valence-electron chi connectivity index (χ1n) is 7.07. The van der Waals surface area contributed by atoms with Crippen LogP contribution in [-0.2, 0) is 12.8 Å². The molecule has 0 saturated heterocycles. The molecule has 4 heteroatoms. The lowest BCUT2D eigenvalue weighted by molar-refractivity contribution is 0.252. The number of carbonyl (C=O) groups is 1. The monoisotopic (exact) mass is 346 g/mol. The van der Waals surface area contributed by atoms with Crippen LogP contribution in [0.3, 0.4) is 0 Å². The number of hydrogen-bond donors (Lipinski definition) is 2. The van der Waals surface area contributed by atoms with Crippen LogP contribution in [0, 0.1) is 0 Å². The number of benzene rings is 2. The summed E-state index contributed by atoms with van der Waals surface area (Å²) in [5, 5.41) is 5.79. The fourth-order valence-electron chi connectivity index (χ4n) is 2.13. The van der Waals surface area contributed by atoms with Crippen LogP contribution in [0.25, 0.3) is 0 Å². The number of nitrogens with one attached hydrogen (secondary N) is 2. The van der Waals surface area contributed by atoms with Crippen LogP contribution in [0.5, 0.6) is 0 Å². The quantitative estimate of drug-likeness (QED) is 0.828. The molecular weight excluding hydrogens is 328 g/mol. The number of anilines is 1. The second-order valence-electron chi connectivity index (χ2n) is 4.73. The Labute approximate surface area is 133 Å². The second-order valence-corrected chi connectivity index (χ2v) is 5.59. The molecule has 0 aromatic heterocycles. The molecule has 0 aliphatic heterocycles. The molecule has 0 radical (unpaired) electrons. The Kier molecular flexibility index (Phi) is 5.81. The van der Waals surface area contributed by atoms with E-state index < -0.39 is 0 Å². The van der Waals surface area contributed by atoms with Crippen molar-refractivity contribution in [3.63, 3.8) is 0 Å². The van der Waals surface area contributed by atoms with Gasteiger partial charge in [0.05, 0.1) is 0 Å². The molecule has 0 aliphatic carbocycles. The Balaban J connectivity index is 1.84. The van der Waals surface area contributed by atoms with Crippen LogP contribution in [0.4, 0.5) is 10.5 Å². The molecule has 21 heavy (non-hydrogen) atoms. The van der Waals surface area contributed by atoms with Crippen LogP contribution in [0.2, 0.25) is 0 Å². The van der Waals surface area contributed by atoms with E-state index in [2.05, 4.69) is 39.6 Å². The zero-order valence-corrected chi connectivity index (χ0v) is 13.6. The Morgan fingerprint density at radius 2 is 1.71 bits per heavy atom. The highest BCUT2D eigenvalue weighted by atomic mass is 79.9. The Bertz CT molecular complexity index is 613. The average Bonchev–Trinajstić information content (AvgIpc) is 2.50. The van der Waals surface area contributed by atoms with Gasteiger partial charge in [-0.15, -0.1) is 0 Å². The molecule has 0 fully saturated rings. The smallest absolute Gasteiger partial charge is 0.319 e. The molecule has 2 rings (SSSR count). The Morgan fingerprint density at radius 3 is 2.43 bits per heavy atom. The van der Waals surface area contributed by atoms with Crippen LogP contribution in [-0.4, -0.2) is 12.6 Å². The van der Waals surface area contributed by atoms with Crippen molar-refractivity contribution in [2.45, 2.75) is 19.8 Å². The highest BCUT2D eigenvalue weighted by molar-refractivity contribution is 9.10. The maximum Gasteiger partial charge on any atom is 0.319 e. The minimum atomic E-state index is -0.164. The maximum absolute atomic E-state index is 11.9. The number of aryl methyl sites for hydroxylation is 1. The van der Waals surface area contributed by atoms with Crippen molar-refractivity contribution >= 4 is 27.6 Å². The van der Waals surface area contributed by atoms with E-state index in [1.807, 2.05) is 42.5 Å². The molecule has 2 aromatic carbocycles. The fourth-order valence-corrected chi connectivity index (χ4v) is 2.61. The van der Waals surface area contributed by atoms with Crippen LogP contribution < -0.4 is 10.6 Å². The third-order valence-corrected chi connectivity index (χ3v) is 4.06. The Morgan fingerprint density at radius 1 is 1.05 bits per heavy atom. The predicted octanol–water partition coefficient (Wildman–Crippen LogP) is 4.38. The van der Waals surface area contributed by atoms with Crippen molar-refractivity contribution in [3.05, 3.63) is 64.1 Å². The van der Waals surface area contributed by atoms with Crippen molar-refractivity contribution in [2.75, 3.05) is 11.9 Å². The summed E-state index contributed by atoms with van der Waals surface area (Å²) < 4.78 is 1.07. The predicted molar refractivity (Wildman–Crippen MR) is 90.7 cm³/mol. The lowest BCUT2D eigenvalue weighted by Gasteiger charge is -2.11. The minimum Gasteiger partial charge on any atom is -0.338 e. The topological polar surface area (TPSA) is 41.1 Å². The van der Waals surface area contributed by atoms with Gasteiger partial charge in [-0.25, -0.2) is 4.79 Å². The first-order chi connectivity index (χ1) is 10.2. The van der Waals surface area contributed by atoms with E-state index in [0.29, 0.717) is 6.54 Å². The van der Waals surface area contributed by atoms with Crippen LogP contribution in [0.1, 0.15) is 18.1 Å². The van der Waals surface area contributed by atoms with Gasteiger partial charge in [0.1, 0.15) is 0 Å². The number of para-hydroxylation sites is 1. The van der Waals surface area contributed by atoms with Gasteiger partial charge in [-0.3, -0.25) is 0 Å². The second kappa shape index (κ2) is 7.84. The van der Waals surface area contributed by atoms with E-state index in [4.69, 9.17) is 0 Å². The molecule has 0 aliphatic rings. The number of urea groups is 1. The molecule has 2 N–H and O–H groups in total. The van der Waals surface area contributed by atoms with Crippen molar-refractivity contribution in [3.8, 4) is 0 Å². The van der Waals surface area contributed by atoms with E-state index in [0.717, 1.165) is 28.6 Å². The normalized spacial score (nSPS) is 10.2. The summed E-state index contributed by atoms with van der Waals surface area (Å²) >= 11 is 3.51. The number of halogens is 1. The van der Waals surface area contributed by atoms with E-state index in [9.17, 15) is 4.79 Å². The molecule has 2 amide bonds. The van der Waals surface area contributed by atoms with Gasteiger partial charge in [0.25, 0.3) is 0 Å². The SMILES string of the molecule is CCc1ccccc1NC(=O)NCCc1ccccc1Br. The standard InChI is InChI=1S/C17H19BrN2O/c1-2-13-7-4-6-10-16(13)20-17(21)19-12-11-14-8-3-5-9-15(14)18/h3-10H,2,11-12H2,1H3,(H2,19,20,21). The van der Waals surface area contributed by atoms with Gasteiger partial charge in [0.2, 0.25) is 0 Å². The first kappa shape index (κ1) is 15.6. The highest BCUT2D eigenvalue weighted by Crippen LogP contribution is 2.16. The molecule has 0 saturated carbocycles. The van der Waals surface area contributed by atoms with Crippen molar-refractivity contribution < 1.29 is 4.79 Å². The molecule has 2 aromatic rings. The average molecular weight is 347 g/mol. The van der Waals surface area contributed by atoms with Gasteiger partial charge in [-0.05, 0) is 36.1 Å². The zero-order valence-electron chi connectivity index (χ0n) is 12.0. The van der Waals surface area contributed by atoms with Crippen LogP contribution >= 0.6 is 15.9 Å². The summed E-state index contributed by atoms with van der Waals surface area (Å²) in [5.41, 5.74) is 3.20. The lowest BCUT2D eigenvalue weighted by atomic mass is 10.1. The molecule has 0 heterocycles. The molecule has 0 atom stereocenters. The van der Waals surface area contributed by atoms with E-state index in [-0.39, 0.29) is 6.03 Å². The van der Waals surface area contributed by atoms with Crippen molar-refractivity contribution in [2.24, 2.45) is 0 Å². The lowest BCUT2D eigenvalue weighted by Crippen LogP contribution is -2.30. The van der Waals surface area contributed by atoms with Crippen LogP contribution in [0.15, 0.2) is 53.0 Å². The van der Waals surface area contributed by atoms with Gasteiger partial charge in [0.15, 0.2) is 0 Å². The molecule has 0 unspecified atom stereocenters. The summed E-state index contributed by atoms with van der Waals surface area (Å²) in [6.07, 6.45) is 1.69. The fraction of sp³-hybridized carbons (Fsp3) is 0.235. The number of amides is 2. The van der Waals surface area contributed by atoms with E-state index in [1.165, 1.54) is 5.56 Å². The molecule has 0 bridgehead atoms. The van der Waals surface area contributed by atoms with Crippen molar-refractivity contribution in [1.29, 1.82) is 0 Å². The van der Waals surface area contributed by atoms with E-state index >= 15 is 0 Å². The van der Waals surface area contributed by atoms with Gasteiger partial charge in [-0.2, -0.15) is 0 Å². The third kappa shape index (κ3) is 4.60. The van der Waals surface area contributed by atoms with Gasteiger partial charge in [0, 0.05) is 16.7 Å². The summed E-state index contributed by atoms with van der Waals surface area (Å²) in [4.78, 5) is 11.9. The minimum absolute atomic E-state index is 0.164. The summed E-state index contributed by atoms with van der Waals surface area (Å²) in [5.74, 6) is 0. The summed E-state index contributed by atoms with van der Waals surface area (Å²) in [7, 11) is 0. The van der Waals surface area contributed by atoms with Crippen molar-refractivity contribution in [1.82, 2.24) is 5.32 Å².